The van der Waals surface area contributed by atoms with Crippen molar-refractivity contribution in [2.24, 2.45) is 0 Å². The zero-order valence-corrected chi connectivity index (χ0v) is 12.8. The lowest BCUT2D eigenvalue weighted by Crippen LogP contribution is -2.42. The van der Waals surface area contributed by atoms with Crippen LogP contribution in [0.1, 0.15) is 46.4 Å². The van der Waals surface area contributed by atoms with E-state index in [4.69, 9.17) is 0 Å². The largest absolute Gasteiger partial charge is 0.357 e. The lowest BCUT2D eigenvalue weighted by atomic mass is 9.96. The summed E-state index contributed by atoms with van der Waals surface area (Å²) < 4.78 is 4.44. The number of nitrogens with zero attached hydrogens (tertiary/aromatic N) is 3. The maximum atomic E-state index is 4.60. The van der Waals surface area contributed by atoms with Gasteiger partial charge in [-0.25, -0.2) is 4.98 Å². The second kappa shape index (κ2) is 5.13. The first-order valence-electron chi connectivity index (χ1n) is 6.67. The fraction of sp³-hybridized carbons (Fsp3) is 0.846. The van der Waals surface area contributed by atoms with Gasteiger partial charge in [-0.15, -0.1) is 0 Å². The minimum atomic E-state index is 0.0382. The van der Waals surface area contributed by atoms with Crippen molar-refractivity contribution in [3.63, 3.8) is 0 Å². The maximum absolute atomic E-state index is 4.60. The molecule has 4 nitrogen and oxygen atoms in total. The molecule has 1 N–H and O–H groups in total. The van der Waals surface area contributed by atoms with Crippen LogP contribution in [-0.4, -0.2) is 39.9 Å². The fourth-order valence-corrected chi connectivity index (χ4v) is 3.02. The Morgan fingerprint density at radius 1 is 1.39 bits per heavy atom. The molecule has 0 bridgehead atoms. The predicted octanol–water partition coefficient (Wildman–Crippen LogP) is 2.73. The average Bonchev–Trinajstić information content (AvgIpc) is 2.72. The van der Waals surface area contributed by atoms with Gasteiger partial charge in [0.2, 0.25) is 5.13 Å². The van der Waals surface area contributed by atoms with Crippen LogP contribution < -0.4 is 5.32 Å². The average molecular weight is 268 g/mol. The van der Waals surface area contributed by atoms with Gasteiger partial charge in [0.25, 0.3) is 0 Å². The van der Waals surface area contributed by atoms with E-state index in [2.05, 4.69) is 54.3 Å². The molecule has 2 atom stereocenters. The molecule has 0 aliphatic carbocycles. The molecule has 0 aromatic carbocycles. The second-order valence-corrected chi connectivity index (χ2v) is 7.12. The highest BCUT2D eigenvalue weighted by molar-refractivity contribution is 7.09. The quantitative estimate of drug-likeness (QED) is 0.895. The Kier molecular flexibility index (Phi) is 3.92. The van der Waals surface area contributed by atoms with Gasteiger partial charge in [0.1, 0.15) is 5.82 Å². The van der Waals surface area contributed by atoms with E-state index in [0.717, 1.165) is 17.5 Å². The van der Waals surface area contributed by atoms with E-state index in [0.29, 0.717) is 12.1 Å². The summed E-state index contributed by atoms with van der Waals surface area (Å²) in [6, 6.07) is 1.18. The van der Waals surface area contributed by atoms with Crippen molar-refractivity contribution in [3.05, 3.63) is 5.82 Å². The molecule has 1 aliphatic rings. The van der Waals surface area contributed by atoms with Gasteiger partial charge in [-0.05, 0) is 26.8 Å². The van der Waals surface area contributed by atoms with E-state index in [1.165, 1.54) is 24.4 Å². The van der Waals surface area contributed by atoms with Gasteiger partial charge in [0.05, 0.1) is 0 Å². The highest BCUT2D eigenvalue weighted by atomic mass is 32.1. The topological polar surface area (TPSA) is 41.1 Å². The number of likely N-dealkylation sites (tertiary alicyclic amines) is 1. The van der Waals surface area contributed by atoms with Gasteiger partial charge in [-0.2, -0.15) is 4.37 Å². The Bertz CT molecular complexity index is 396. The maximum Gasteiger partial charge on any atom is 0.202 e. The normalized spacial score (nSPS) is 26.3. The third kappa shape index (κ3) is 3.20. The molecule has 0 spiro atoms. The lowest BCUT2D eigenvalue weighted by molar-refractivity contribution is 0.190. The van der Waals surface area contributed by atoms with E-state index < -0.39 is 0 Å². The SMILES string of the molecule is CC1CC(Nc2nc(C(C)(C)C)ns2)CCN1C. The van der Waals surface area contributed by atoms with Crippen molar-refractivity contribution in [1.29, 1.82) is 0 Å². The second-order valence-electron chi connectivity index (χ2n) is 6.37. The number of anilines is 1. The van der Waals surface area contributed by atoms with E-state index >= 15 is 0 Å². The zero-order chi connectivity index (χ0) is 13.3. The Morgan fingerprint density at radius 3 is 2.67 bits per heavy atom. The molecule has 1 fully saturated rings. The van der Waals surface area contributed by atoms with E-state index in [-0.39, 0.29) is 5.41 Å². The zero-order valence-electron chi connectivity index (χ0n) is 12.0. The van der Waals surface area contributed by atoms with Crippen LogP contribution in [0.5, 0.6) is 0 Å². The number of hydrogen-bond acceptors (Lipinski definition) is 5. The van der Waals surface area contributed by atoms with Crippen LogP contribution in [0, 0.1) is 0 Å². The Morgan fingerprint density at radius 2 is 2.11 bits per heavy atom. The predicted molar refractivity (Wildman–Crippen MR) is 77.3 cm³/mol. The third-order valence-electron chi connectivity index (χ3n) is 3.63. The van der Waals surface area contributed by atoms with Crippen molar-refractivity contribution in [2.45, 2.75) is 58.0 Å². The number of nitrogens with one attached hydrogen (secondary N) is 1. The van der Waals surface area contributed by atoms with Crippen LogP contribution in [-0.2, 0) is 5.41 Å². The molecule has 0 amide bonds. The molecule has 5 heteroatoms. The van der Waals surface area contributed by atoms with Crippen LogP contribution in [0.25, 0.3) is 0 Å². The summed E-state index contributed by atoms with van der Waals surface area (Å²) in [4.78, 5) is 7.02. The monoisotopic (exact) mass is 268 g/mol. The van der Waals surface area contributed by atoms with Crippen LogP contribution in [0.2, 0.25) is 0 Å². The fourth-order valence-electron chi connectivity index (χ4n) is 2.18. The van der Waals surface area contributed by atoms with Gasteiger partial charge in [-0.1, -0.05) is 20.8 Å². The van der Waals surface area contributed by atoms with Gasteiger partial charge in [-0.3, -0.25) is 0 Å². The Hall–Kier alpha value is -0.680. The minimum Gasteiger partial charge on any atom is -0.357 e. The molecule has 0 radical (unpaired) electrons. The highest BCUT2D eigenvalue weighted by Crippen LogP contribution is 2.25. The number of piperidine rings is 1. The lowest BCUT2D eigenvalue weighted by Gasteiger charge is -2.35. The first-order chi connectivity index (χ1) is 8.36. The molecular formula is C13H24N4S. The van der Waals surface area contributed by atoms with E-state index in [1.807, 2.05) is 0 Å². The molecule has 1 aliphatic heterocycles. The third-order valence-corrected chi connectivity index (χ3v) is 4.28. The molecule has 18 heavy (non-hydrogen) atoms. The van der Waals surface area contributed by atoms with Gasteiger partial charge in [0.15, 0.2) is 0 Å². The summed E-state index contributed by atoms with van der Waals surface area (Å²) in [5.74, 6) is 0.941. The summed E-state index contributed by atoms with van der Waals surface area (Å²) in [7, 11) is 2.20. The summed E-state index contributed by atoms with van der Waals surface area (Å²) >= 11 is 1.49. The van der Waals surface area contributed by atoms with E-state index in [9.17, 15) is 0 Å². The van der Waals surface area contributed by atoms with Crippen LogP contribution >= 0.6 is 11.5 Å². The summed E-state index contributed by atoms with van der Waals surface area (Å²) in [6.45, 7) is 9.89. The Labute approximate surface area is 114 Å². The standard InChI is InChI=1S/C13H24N4S/c1-9-8-10(6-7-17(9)5)14-12-15-11(16-18-12)13(2,3)4/h9-10H,6-8H2,1-5H3,(H,14,15,16). The van der Waals surface area contributed by atoms with Crippen molar-refractivity contribution < 1.29 is 0 Å². The molecule has 2 heterocycles. The molecule has 0 saturated carbocycles. The molecule has 2 rings (SSSR count). The molecule has 1 saturated heterocycles. The van der Waals surface area contributed by atoms with E-state index in [1.54, 1.807) is 0 Å². The summed E-state index contributed by atoms with van der Waals surface area (Å²) in [5, 5.41) is 4.52. The van der Waals surface area contributed by atoms with Crippen molar-refractivity contribution in [3.8, 4) is 0 Å². The van der Waals surface area contributed by atoms with Crippen molar-refractivity contribution in [2.75, 3.05) is 18.9 Å². The number of rotatable bonds is 2. The molecule has 102 valence electrons. The number of aromatic nitrogens is 2. The highest BCUT2D eigenvalue weighted by Gasteiger charge is 2.24. The van der Waals surface area contributed by atoms with Gasteiger partial charge in [0, 0.05) is 35.6 Å². The minimum absolute atomic E-state index is 0.0382. The summed E-state index contributed by atoms with van der Waals surface area (Å²) in [5.41, 5.74) is 0.0382. The number of hydrogen-bond donors (Lipinski definition) is 1. The van der Waals surface area contributed by atoms with Crippen molar-refractivity contribution >= 4 is 16.7 Å². The molecular weight excluding hydrogens is 244 g/mol. The van der Waals surface area contributed by atoms with Crippen molar-refractivity contribution in [1.82, 2.24) is 14.3 Å². The van der Waals surface area contributed by atoms with Gasteiger partial charge < -0.3 is 10.2 Å². The first-order valence-corrected chi connectivity index (χ1v) is 7.44. The molecule has 1 aromatic heterocycles. The smallest absolute Gasteiger partial charge is 0.202 e. The Balaban J connectivity index is 1.96. The summed E-state index contributed by atoms with van der Waals surface area (Å²) in [6.07, 6.45) is 2.37. The van der Waals surface area contributed by atoms with Gasteiger partial charge >= 0.3 is 0 Å². The molecule has 1 aromatic rings. The van der Waals surface area contributed by atoms with Crippen LogP contribution in [0.4, 0.5) is 5.13 Å². The van der Waals surface area contributed by atoms with Crippen LogP contribution in [0.3, 0.4) is 0 Å². The van der Waals surface area contributed by atoms with Crippen LogP contribution in [0.15, 0.2) is 0 Å². The molecule has 2 unspecified atom stereocenters. The first kappa shape index (κ1) is 13.7.